The third-order valence-corrected chi connectivity index (χ3v) is 3.08. The summed E-state index contributed by atoms with van der Waals surface area (Å²) in [5, 5.41) is 17.8. The average Bonchev–Trinajstić information content (AvgIpc) is 2.67. The molecule has 1 unspecified atom stereocenters. The van der Waals surface area contributed by atoms with Gasteiger partial charge in [-0.2, -0.15) is 0 Å². The van der Waals surface area contributed by atoms with Gasteiger partial charge in [0.05, 0.1) is 18.2 Å². The van der Waals surface area contributed by atoms with Gasteiger partial charge in [0.1, 0.15) is 5.82 Å². The number of hydrogen-bond donors (Lipinski definition) is 3. The van der Waals surface area contributed by atoms with Gasteiger partial charge in [0.25, 0.3) is 0 Å². The summed E-state index contributed by atoms with van der Waals surface area (Å²) in [5.41, 5.74) is 6.44. The van der Waals surface area contributed by atoms with E-state index >= 15 is 0 Å². The van der Waals surface area contributed by atoms with Gasteiger partial charge in [0, 0.05) is 6.54 Å². The lowest BCUT2D eigenvalue weighted by atomic mass is 10.1. The van der Waals surface area contributed by atoms with Gasteiger partial charge in [-0.15, -0.1) is 0 Å². The van der Waals surface area contributed by atoms with E-state index in [2.05, 4.69) is 4.98 Å². The summed E-state index contributed by atoms with van der Waals surface area (Å²) in [5.74, 6) is -1.74. The van der Waals surface area contributed by atoms with E-state index < -0.39 is 18.0 Å². The first-order chi connectivity index (χ1) is 8.50. The summed E-state index contributed by atoms with van der Waals surface area (Å²) in [7, 11) is 0. The van der Waals surface area contributed by atoms with Crippen molar-refractivity contribution >= 4 is 11.9 Å². The number of aromatic carboxylic acids is 1. The first kappa shape index (κ1) is 12.6. The van der Waals surface area contributed by atoms with Gasteiger partial charge < -0.3 is 20.5 Å². The molecule has 0 fully saturated rings. The van der Waals surface area contributed by atoms with Crippen molar-refractivity contribution in [1.29, 1.82) is 0 Å². The fourth-order valence-electron chi connectivity index (χ4n) is 2.30. The van der Waals surface area contributed by atoms with Gasteiger partial charge in [-0.25, -0.2) is 9.78 Å². The van der Waals surface area contributed by atoms with Crippen molar-refractivity contribution in [2.24, 2.45) is 5.73 Å². The maximum atomic E-state index is 11.1. The molecule has 1 aromatic rings. The topological polar surface area (TPSA) is 118 Å². The van der Waals surface area contributed by atoms with E-state index in [4.69, 9.17) is 15.9 Å². The van der Waals surface area contributed by atoms with Gasteiger partial charge in [-0.1, -0.05) is 0 Å². The molecule has 1 aliphatic rings. The lowest BCUT2D eigenvalue weighted by Crippen LogP contribution is -2.22. The number of nitrogens with zero attached hydrogens (tertiary/aromatic N) is 2. The Bertz CT molecular complexity index is 495. The molecule has 18 heavy (non-hydrogen) atoms. The number of imidazole rings is 1. The fourth-order valence-corrected chi connectivity index (χ4v) is 2.30. The zero-order valence-corrected chi connectivity index (χ0v) is 9.80. The van der Waals surface area contributed by atoms with Crippen molar-refractivity contribution in [3.05, 3.63) is 17.2 Å². The van der Waals surface area contributed by atoms with Crippen LogP contribution in [-0.4, -0.2) is 31.7 Å². The Hall–Kier alpha value is -1.89. The van der Waals surface area contributed by atoms with Crippen LogP contribution in [-0.2, 0) is 17.8 Å². The van der Waals surface area contributed by atoms with Crippen LogP contribution in [0, 0.1) is 0 Å². The zero-order chi connectivity index (χ0) is 13.3. The second kappa shape index (κ2) is 4.77. The van der Waals surface area contributed by atoms with Crippen LogP contribution in [0.25, 0.3) is 0 Å². The lowest BCUT2D eigenvalue weighted by molar-refractivity contribution is -0.137. The normalized spacial score (nSPS) is 16.1. The van der Waals surface area contributed by atoms with E-state index in [0.717, 1.165) is 12.8 Å². The highest BCUT2D eigenvalue weighted by molar-refractivity contribution is 5.87. The smallest absolute Gasteiger partial charge is 0.356 e. The Kier molecular flexibility index (Phi) is 3.33. The number of aromatic nitrogens is 2. The summed E-state index contributed by atoms with van der Waals surface area (Å²) in [4.78, 5) is 25.8. The molecule has 7 heteroatoms. The molecule has 0 amide bonds. The maximum Gasteiger partial charge on any atom is 0.356 e. The Morgan fingerprint density at radius 1 is 1.39 bits per heavy atom. The number of rotatable bonds is 4. The van der Waals surface area contributed by atoms with Gasteiger partial charge in [-0.3, -0.25) is 4.79 Å². The molecule has 2 rings (SSSR count). The minimum Gasteiger partial charge on any atom is -0.481 e. The van der Waals surface area contributed by atoms with Crippen LogP contribution >= 0.6 is 0 Å². The van der Waals surface area contributed by atoms with Gasteiger partial charge in [-0.05, 0) is 19.3 Å². The number of carboxylic acids is 2. The molecule has 0 bridgehead atoms. The summed E-state index contributed by atoms with van der Waals surface area (Å²) in [6.07, 6.45) is 2.23. The number of carbonyl (C=O) groups is 2. The third kappa shape index (κ3) is 2.21. The minimum absolute atomic E-state index is 0.00513. The van der Waals surface area contributed by atoms with Crippen LogP contribution in [0.5, 0.6) is 0 Å². The number of fused-ring (bicyclic) bond motifs is 1. The Balaban J connectivity index is 2.41. The maximum absolute atomic E-state index is 11.1. The first-order valence-electron chi connectivity index (χ1n) is 5.80. The van der Waals surface area contributed by atoms with Crippen LogP contribution in [0.1, 0.15) is 47.3 Å². The predicted molar refractivity (Wildman–Crippen MR) is 61.3 cm³/mol. The van der Waals surface area contributed by atoms with Crippen LogP contribution in [0.3, 0.4) is 0 Å². The predicted octanol–water partition coefficient (Wildman–Crippen LogP) is 0.392. The van der Waals surface area contributed by atoms with Crippen LogP contribution in [0.4, 0.5) is 0 Å². The van der Waals surface area contributed by atoms with Crippen molar-refractivity contribution in [1.82, 2.24) is 9.55 Å². The molecule has 0 radical (unpaired) electrons. The van der Waals surface area contributed by atoms with Gasteiger partial charge >= 0.3 is 11.9 Å². The minimum atomic E-state index is -1.09. The second-order valence-electron chi connectivity index (χ2n) is 4.38. The molecule has 1 aromatic heterocycles. The average molecular weight is 253 g/mol. The van der Waals surface area contributed by atoms with Crippen molar-refractivity contribution in [3.8, 4) is 0 Å². The summed E-state index contributed by atoms with van der Waals surface area (Å²) < 4.78 is 1.76. The monoisotopic (exact) mass is 253 g/mol. The Morgan fingerprint density at radius 2 is 2.11 bits per heavy atom. The van der Waals surface area contributed by atoms with Gasteiger partial charge in [0.15, 0.2) is 5.69 Å². The van der Waals surface area contributed by atoms with Crippen LogP contribution in [0.2, 0.25) is 0 Å². The van der Waals surface area contributed by atoms with E-state index in [1.165, 1.54) is 0 Å². The Labute approximate surface area is 103 Å². The number of aliphatic carboxylic acids is 1. The van der Waals surface area contributed by atoms with E-state index in [1.54, 1.807) is 4.57 Å². The van der Waals surface area contributed by atoms with E-state index in [0.29, 0.717) is 24.5 Å². The Morgan fingerprint density at radius 3 is 2.72 bits per heavy atom. The fraction of sp³-hybridized carbons (Fsp3) is 0.545. The molecular weight excluding hydrogens is 238 g/mol. The molecule has 2 heterocycles. The first-order valence-corrected chi connectivity index (χ1v) is 5.80. The SMILES string of the molecule is NC(CC(=O)O)c1nc(C(=O)O)c2n1CCCC2. The van der Waals surface area contributed by atoms with Crippen molar-refractivity contribution < 1.29 is 19.8 Å². The third-order valence-electron chi connectivity index (χ3n) is 3.08. The molecule has 1 aliphatic heterocycles. The molecule has 0 aliphatic carbocycles. The highest BCUT2D eigenvalue weighted by Gasteiger charge is 2.27. The largest absolute Gasteiger partial charge is 0.481 e. The molecule has 7 nitrogen and oxygen atoms in total. The lowest BCUT2D eigenvalue weighted by Gasteiger charge is -2.18. The van der Waals surface area contributed by atoms with Gasteiger partial charge in [0.2, 0.25) is 0 Å². The molecule has 0 aromatic carbocycles. The van der Waals surface area contributed by atoms with E-state index in [-0.39, 0.29) is 12.1 Å². The molecule has 0 spiro atoms. The highest BCUT2D eigenvalue weighted by atomic mass is 16.4. The van der Waals surface area contributed by atoms with Crippen molar-refractivity contribution in [2.45, 2.75) is 38.3 Å². The second-order valence-corrected chi connectivity index (χ2v) is 4.38. The number of hydrogen-bond acceptors (Lipinski definition) is 4. The molecule has 98 valence electrons. The van der Waals surface area contributed by atoms with Crippen LogP contribution in [0.15, 0.2) is 0 Å². The molecule has 1 atom stereocenters. The number of carboxylic acid groups (broad SMARTS) is 2. The van der Waals surface area contributed by atoms with E-state index in [9.17, 15) is 9.59 Å². The highest BCUT2D eigenvalue weighted by Crippen LogP contribution is 2.24. The standard InChI is InChI=1S/C11H15N3O4/c12-6(5-8(15)16)10-13-9(11(17)18)7-3-1-2-4-14(7)10/h6H,1-5,12H2,(H,15,16)(H,17,18). The molecule has 0 saturated heterocycles. The van der Waals surface area contributed by atoms with Crippen LogP contribution < -0.4 is 5.73 Å². The molecule has 0 saturated carbocycles. The summed E-state index contributed by atoms with van der Waals surface area (Å²) in [6, 6.07) is -0.771. The van der Waals surface area contributed by atoms with Crippen molar-refractivity contribution in [3.63, 3.8) is 0 Å². The molecule has 4 N–H and O–H groups in total. The zero-order valence-electron chi connectivity index (χ0n) is 9.80. The number of nitrogens with two attached hydrogens (primary N) is 1. The van der Waals surface area contributed by atoms with E-state index in [1.807, 2.05) is 0 Å². The summed E-state index contributed by atoms with van der Waals surface area (Å²) in [6.45, 7) is 0.651. The molecular formula is C11H15N3O4. The summed E-state index contributed by atoms with van der Waals surface area (Å²) >= 11 is 0. The van der Waals surface area contributed by atoms with Crippen molar-refractivity contribution in [2.75, 3.05) is 0 Å². The quantitative estimate of drug-likeness (QED) is 0.714.